The average molecular weight is 346 g/mol. The standard InChI is InChI=1S/C19H20ClNOS/c1-19(2,3)12-4-6-15(7-5-12)23-18-9-13(20)8-17-16(18)10-14(11-22)21-17/h4-10,21-22H,11H2,1-3H3. The molecule has 0 saturated carbocycles. The van der Waals surface area contributed by atoms with E-state index in [1.165, 1.54) is 10.5 Å². The number of fused-ring (bicyclic) bond motifs is 1. The molecule has 0 bridgehead atoms. The van der Waals surface area contributed by atoms with Crippen molar-refractivity contribution in [3.63, 3.8) is 0 Å². The third-order valence-corrected chi connectivity index (χ3v) is 5.12. The maximum atomic E-state index is 9.32. The highest BCUT2D eigenvalue weighted by molar-refractivity contribution is 7.99. The lowest BCUT2D eigenvalue weighted by atomic mass is 9.87. The average Bonchev–Trinajstić information content (AvgIpc) is 2.90. The van der Waals surface area contributed by atoms with Crippen LogP contribution in [0.3, 0.4) is 0 Å². The summed E-state index contributed by atoms with van der Waals surface area (Å²) in [6, 6.07) is 14.5. The SMILES string of the molecule is CC(C)(C)c1ccc(Sc2cc(Cl)cc3[nH]c(CO)cc23)cc1. The number of rotatable bonds is 3. The Morgan fingerprint density at radius 2 is 1.78 bits per heavy atom. The lowest BCUT2D eigenvalue weighted by Gasteiger charge is -2.19. The normalized spacial score (nSPS) is 12.0. The molecule has 0 aliphatic rings. The van der Waals surface area contributed by atoms with Crippen LogP contribution in [0.1, 0.15) is 32.0 Å². The molecule has 4 heteroatoms. The molecule has 0 saturated heterocycles. The van der Waals surface area contributed by atoms with Gasteiger partial charge in [0.25, 0.3) is 0 Å². The summed E-state index contributed by atoms with van der Waals surface area (Å²) in [5.74, 6) is 0. The van der Waals surface area contributed by atoms with E-state index in [2.05, 4.69) is 50.0 Å². The van der Waals surface area contributed by atoms with Crippen LogP contribution >= 0.6 is 23.4 Å². The molecular weight excluding hydrogens is 326 g/mol. The monoisotopic (exact) mass is 345 g/mol. The largest absolute Gasteiger partial charge is 0.390 e. The summed E-state index contributed by atoms with van der Waals surface area (Å²) in [7, 11) is 0. The molecule has 0 spiro atoms. The number of aromatic nitrogens is 1. The van der Waals surface area contributed by atoms with Gasteiger partial charge in [0.05, 0.1) is 6.61 Å². The number of halogens is 1. The van der Waals surface area contributed by atoms with E-state index in [-0.39, 0.29) is 12.0 Å². The van der Waals surface area contributed by atoms with Crippen molar-refractivity contribution < 1.29 is 5.11 Å². The van der Waals surface area contributed by atoms with Gasteiger partial charge in [0, 0.05) is 31.4 Å². The third-order valence-electron chi connectivity index (χ3n) is 3.84. The van der Waals surface area contributed by atoms with Crippen molar-refractivity contribution in [2.75, 3.05) is 0 Å². The van der Waals surface area contributed by atoms with Crippen LogP contribution in [0.4, 0.5) is 0 Å². The first-order chi connectivity index (χ1) is 10.9. The maximum Gasteiger partial charge on any atom is 0.0831 e. The van der Waals surface area contributed by atoms with Gasteiger partial charge in [-0.1, -0.05) is 56.3 Å². The van der Waals surface area contributed by atoms with Gasteiger partial charge in [0.2, 0.25) is 0 Å². The molecule has 3 rings (SSSR count). The van der Waals surface area contributed by atoms with Crippen molar-refractivity contribution in [2.45, 2.75) is 42.6 Å². The highest BCUT2D eigenvalue weighted by Gasteiger charge is 2.14. The minimum absolute atomic E-state index is 0.00329. The number of H-pyrrole nitrogens is 1. The van der Waals surface area contributed by atoms with E-state index in [1.807, 2.05) is 18.2 Å². The second kappa shape index (κ2) is 6.23. The van der Waals surface area contributed by atoms with E-state index >= 15 is 0 Å². The molecule has 2 nitrogen and oxygen atoms in total. The second-order valence-electron chi connectivity index (χ2n) is 6.69. The van der Waals surface area contributed by atoms with Crippen molar-refractivity contribution in [3.05, 3.63) is 58.7 Å². The summed E-state index contributed by atoms with van der Waals surface area (Å²) in [4.78, 5) is 5.46. The Morgan fingerprint density at radius 3 is 2.39 bits per heavy atom. The van der Waals surface area contributed by atoms with Gasteiger partial charge in [-0.05, 0) is 41.3 Å². The number of nitrogens with one attached hydrogen (secondary N) is 1. The molecule has 0 unspecified atom stereocenters. The van der Waals surface area contributed by atoms with Crippen molar-refractivity contribution in [3.8, 4) is 0 Å². The topological polar surface area (TPSA) is 36.0 Å². The quantitative estimate of drug-likeness (QED) is 0.632. The predicted molar refractivity (Wildman–Crippen MR) is 98.5 cm³/mol. The molecular formula is C19H20ClNOS. The van der Waals surface area contributed by atoms with Crippen LogP contribution in [0.5, 0.6) is 0 Å². The molecule has 0 atom stereocenters. The highest BCUT2D eigenvalue weighted by Crippen LogP contribution is 2.37. The Bertz CT molecular complexity index is 831. The number of aromatic amines is 1. The van der Waals surface area contributed by atoms with Gasteiger partial charge in [-0.15, -0.1) is 0 Å². The Hall–Kier alpha value is -1.42. The van der Waals surface area contributed by atoms with Crippen LogP contribution in [0.15, 0.2) is 52.3 Å². The van der Waals surface area contributed by atoms with Crippen molar-refractivity contribution in [2.24, 2.45) is 0 Å². The van der Waals surface area contributed by atoms with Gasteiger partial charge in [-0.2, -0.15) is 0 Å². The molecule has 1 heterocycles. The first kappa shape index (κ1) is 16.4. The predicted octanol–water partition coefficient (Wildman–Crippen LogP) is 5.76. The second-order valence-corrected chi connectivity index (χ2v) is 8.25. The minimum atomic E-state index is -0.00329. The fraction of sp³-hybridized carbons (Fsp3) is 0.263. The van der Waals surface area contributed by atoms with Crippen molar-refractivity contribution >= 4 is 34.3 Å². The molecule has 1 aromatic heterocycles. The number of aliphatic hydroxyl groups is 1. The van der Waals surface area contributed by atoms with Gasteiger partial charge < -0.3 is 10.1 Å². The lowest BCUT2D eigenvalue weighted by Crippen LogP contribution is -2.10. The van der Waals surface area contributed by atoms with E-state index < -0.39 is 0 Å². The van der Waals surface area contributed by atoms with Gasteiger partial charge in [-0.25, -0.2) is 0 Å². The van der Waals surface area contributed by atoms with Crippen molar-refractivity contribution in [1.29, 1.82) is 0 Å². The van der Waals surface area contributed by atoms with Crippen LogP contribution in [0.25, 0.3) is 10.9 Å². The zero-order valence-corrected chi connectivity index (χ0v) is 15.1. The molecule has 0 aliphatic carbocycles. The first-order valence-corrected chi connectivity index (χ1v) is 8.76. The summed E-state index contributed by atoms with van der Waals surface area (Å²) in [6.07, 6.45) is 0. The molecule has 0 amide bonds. The fourth-order valence-electron chi connectivity index (χ4n) is 2.55. The van der Waals surface area contributed by atoms with Crippen LogP contribution in [-0.4, -0.2) is 10.1 Å². The van der Waals surface area contributed by atoms with Crippen molar-refractivity contribution in [1.82, 2.24) is 4.98 Å². The Morgan fingerprint density at radius 1 is 1.09 bits per heavy atom. The van der Waals surface area contributed by atoms with E-state index in [0.717, 1.165) is 21.5 Å². The Balaban J connectivity index is 1.96. The van der Waals surface area contributed by atoms with Crippen LogP contribution in [0, 0.1) is 0 Å². The van der Waals surface area contributed by atoms with E-state index in [1.54, 1.807) is 11.8 Å². The Kier molecular flexibility index (Phi) is 4.45. The highest BCUT2D eigenvalue weighted by atomic mass is 35.5. The summed E-state index contributed by atoms with van der Waals surface area (Å²) >= 11 is 7.92. The lowest BCUT2D eigenvalue weighted by molar-refractivity contribution is 0.278. The van der Waals surface area contributed by atoms with Gasteiger partial charge in [-0.3, -0.25) is 0 Å². The molecule has 120 valence electrons. The van der Waals surface area contributed by atoms with E-state index in [4.69, 9.17) is 11.6 Å². The number of aliphatic hydroxyl groups excluding tert-OH is 1. The van der Waals surface area contributed by atoms with Crippen LogP contribution < -0.4 is 0 Å². The van der Waals surface area contributed by atoms with Gasteiger partial charge in [0.15, 0.2) is 0 Å². The molecule has 0 aliphatic heterocycles. The Labute approximate surface area is 145 Å². The summed E-state index contributed by atoms with van der Waals surface area (Å²) in [6.45, 7) is 6.64. The van der Waals surface area contributed by atoms with Gasteiger partial charge in [0.1, 0.15) is 0 Å². The number of benzene rings is 2. The zero-order chi connectivity index (χ0) is 16.6. The fourth-order valence-corrected chi connectivity index (χ4v) is 3.82. The molecule has 2 N–H and O–H groups in total. The molecule has 0 radical (unpaired) electrons. The molecule has 23 heavy (non-hydrogen) atoms. The molecule has 3 aromatic rings. The summed E-state index contributed by atoms with van der Waals surface area (Å²) < 4.78 is 0. The smallest absolute Gasteiger partial charge is 0.0831 e. The first-order valence-electron chi connectivity index (χ1n) is 7.57. The number of hydrogen-bond acceptors (Lipinski definition) is 2. The number of hydrogen-bond donors (Lipinski definition) is 2. The van der Waals surface area contributed by atoms with E-state index in [0.29, 0.717) is 5.02 Å². The van der Waals surface area contributed by atoms with E-state index in [9.17, 15) is 5.11 Å². The zero-order valence-electron chi connectivity index (χ0n) is 13.5. The summed E-state index contributed by atoms with van der Waals surface area (Å²) in [5, 5.41) is 11.1. The van der Waals surface area contributed by atoms with Crippen LogP contribution in [-0.2, 0) is 12.0 Å². The summed E-state index contributed by atoms with van der Waals surface area (Å²) in [5.41, 5.74) is 3.23. The van der Waals surface area contributed by atoms with Gasteiger partial charge >= 0.3 is 0 Å². The third kappa shape index (κ3) is 3.57. The molecule has 2 aromatic carbocycles. The maximum absolute atomic E-state index is 9.32. The van der Waals surface area contributed by atoms with Crippen LogP contribution in [0.2, 0.25) is 5.02 Å². The minimum Gasteiger partial charge on any atom is -0.390 e. The molecule has 0 fully saturated rings.